The van der Waals surface area contributed by atoms with Gasteiger partial charge in [0.1, 0.15) is 5.82 Å². The predicted octanol–water partition coefficient (Wildman–Crippen LogP) is 2.90. The SMILES string of the molecule is CCC1CCc2[nH]c([C@@H](N)C(C)(C)C)nc21. The maximum atomic E-state index is 6.23. The van der Waals surface area contributed by atoms with Crippen molar-refractivity contribution in [1.29, 1.82) is 0 Å². The summed E-state index contributed by atoms with van der Waals surface area (Å²) in [7, 11) is 0. The molecule has 0 spiro atoms. The number of aromatic amines is 1. The van der Waals surface area contributed by atoms with Gasteiger partial charge in [0, 0.05) is 11.6 Å². The molecule has 0 radical (unpaired) electrons. The molecule has 16 heavy (non-hydrogen) atoms. The second-order valence-electron chi connectivity index (χ2n) is 5.97. The van der Waals surface area contributed by atoms with E-state index in [1.54, 1.807) is 0 Å². The van der Waals surface area contributed by atoms with Crippen molar-refractivity contribution in [2.24, 2.45) is 11.1 Å². The minimum atomic E-state index is -0.00407. The Hall–Kier alpha value is -0.830. The Morgan fingerprint density at radius 1 is 1.50 bits per heavy atom. The van der Waals surface area contributed by atoms with Crippen molar-refractivity contribution in [3.8, 4) is 0 Å². The Balaban J connectivity index is 2.27. The molecule has 1 aliphatic rings. The smallest absolute Gasteiger partial charge is 0.124 e. The minimum Gasteiger partial charge on any atom is -0.344 e. The summed E-state index contributed by atoms with van der Waals surface area (Å²) >= 11 is 0. The molecule has 3 heteroatoms. The van der Waals surface area contributed by atoms with E-state index < -0.39 is 0 Å². The average Bonchev–Trinajstić information content (AvgIpc) is 2.73. The summed E-state index contributed by atoms with van der Waals surface area (Å²) in [5.41, 5.74) is 8.89. The number of fused-ring (bicyclic) bond motifs is 1. The number of hydrogen-bond acceptors (Lipinski definition) is 2. The van der Waals surface area contributed by atoms with Gasteiger partial charge in [0.25, 0.3) is 0 Å². The molecule has 1 aliphatic carbocycles. The van der Waals surface area contributed by atoms with Crippen molar-refractivity contribution in [1.82, 2.24) is 9.97 Å². The van der Waals surface area contributed by atoms with Crippen molar-refractivity contribution in [2.45, 2.75) is 58.9 Å². The van der Waals surface area contributed by atoms with Gasteiger partial charge in [0.2, 0.25) is 0 Å². The number of nitrogens with zero attached hydrogens (tertiary/aromatic N) is 1. The maximum Gasteiger partial charge on any atom is 0.124 e. The number of nitrogens with one attached hydrogen (secondary N) is 1. The van der Waals surface area contributed by atoms with Gasteiger partial charge in [0.05, 0.1) is 11.7 Å². The first-order valence-corrected chi connectivity index (χ1v) is 6.27. The Morgan fingerprint density at radius 2 is 2.19 bits per heavy atom. The third kappa shape index (κ3) is 1.88. The highest BCUT2D eigenvalue weighted by Crippen LogP contribution is 2.36. The molecule has 1 unspecified atom stereocenters. The van der Waals surface area contributed by atoms with Gasteiger partial charge in [-0.2, -0.15) is 0 Å². The molecule has 1 aromatic heterocycles. The Kier molecular flexibility index (Phi) is 2.82. The highest BCUT2D eigenvalue weighted by atomic mass is 15.0. The lowest BCUT2D eigenvalue weighted by Gasteiger charge is -2.25. The van der Waals surface area contributed by atoms with E-state index in [9.17, 15) is 0 Å². The molecule has 2 atom stereocenters. The molecular formula is C13H23N3. The third-order valence-corrected chi connectivity index (χ3v) is 3.68. The van der Waals surface area contributed by atoms with Crippen LogP contribution in [-0.4, -0.2) is 9.97 Å². The number of aromatic nitrogens is 2. The lowest BCUT2D eigenvalue weighted by Crippen LogP contribution is -2.27. The van der Waals surface area contributed by atoms with Crippen LogP contribution in [0.3, 0.4) is 0 Å². The minimum absolute atomic E-state index is 0.00407. The van der Waals surface area contributed by atoms with Crippen molar-refractivity contribution in [2.75, 3.05) is 0 Å². The van der Waals surface area contributed by atoms with E-state index in [4.69, 9.17) is 10.7 Å². The topological polar surface area (TPSA) is 54.7 Å². The fourth-order valence-corrected chi connectivity index (χ4v) is 2.38. The highest BCUT2D eigenvalue weighted by molar-refractivity contribution is 5.26. The lowest BCUT2D eigenvalue weighted by molar-refractivity contribution is 0.316. The molecule has 0 saturated carbocycles. The van der Waals surface area contributed by atoms with Gasteiger partial charge in [-0.25, -0.2) is 4.98 Å². The fourth-order valence-electron chi connectivity index (χ4n) is 2.38. The molecule has 0 aromatic carbocycles. The Morgan fingerprint density at radius 3 is 2.75 bits per heavy atom. The lowest BCUT2D eigenvalue weighted by atomic mass is 9.87. The van der Waals surface area contributed by atoms with Crippen LogP contribution in [0.2, 0.25) is 0 Å². The van der Waals surface area contributed by atoms with Crippen LogP contribution < -0.4 is 5.73 Å². The first kappa shape index (κ1) is 11.6. The summed E-state index contributed by atoms with van der Waals surface area (Å²) in [6.07, 6.45) is 3.56. The largest absolute Gasteiger partial charge is 0.344 e. The van der Waals surface area contributed by atoms with E-state index in [1.165, 1.54) is 24.2 Å². The van der Waals surface area contributed by atoms with Crippen LogP contribution >= 0.6 is 0 Å². The standard InChI is InChI=1S/C13H23N3/c1-5-8-6-7-9-10(8)16-12(15-9)11(14)13(2,3)4/h8,11H,5-7,14H2,1-4H3,(H,15,16)/t8?,11-/m1/s1. The van der Waals surface area contributed by atoms with E-state index in [2.05, 4.69) is 32.7 Å². The zero-order chi connectivity index (χ0) is 11.9. The second-order valence-corrected chi connectivity index (χ2v) is 5.97. The van der Waals surface area contributed by atoms with Gasteiger partial charge < -0.3 is 10.7 Å². The molecule has 0 amide bonds. The molecular weight excluding hydrogens is 198 g/mol. The van der Waals surface area contributed by atoms with Crippen LogP contribution in [0.4, 0.5) is 0 Å². The highest BCUT2D eigenvalue weighted by Gasteiger charge is 2.30. The molecule has 0 fully saturated rings. The van der Waals surface area contributed by atoms with Crippen LogP contribution in [-0.2, 0) is 6.42 Å². The Bertz CT molecular complexity index is 373. The van der Waals surface area contributed by atoms with Gasteiger partial charge in [0.15, 0.2) is 0 Å². The summed E-state index contributed by atoms with van der Waals surface area (Å²) in [5, 5.41) is 0. The molecule has 3 nitrogen and oxygen atoms in total. The van der Waals surface area contributed by atoms with Crippen molar-refractivity contribution >= 4 is 0 Å². The first-order valence-electron chi connectivity index (χ1n) is 6.27. The van der Waals surface area contributed by atoms with Gasteiger partial charge >= 0.3 is 0 Å². The van der Waals surface area contributed by atoms with Crippen LogP contribution in [0.5, 0.6) is 0 Å². The van der Waals surface area contributed by atoms with Crippen molar-refractivity contribution in [3.63, 3.8) is 0 Å². The second kappa shape index (κ2) is 3.88. The number of nitrogens with two attached hydrogens (primary N) is 1. The average molecular weight is 221 g/mol. The van der Waals surface area contributed by atoms with Gasteiger partial charge in [-0.1, -0.05) is 27.7 Å². The molecule has 3 N–H and O–H groups in total. The number of aryl methyl sites for hydroxylation is 1. The van der Waals surface area contributed by atoms with Crippen molar-refractivity contribution in [3.05, 3.63) is 17.2 Å². The van der Waals surface area contributed by atoms with Crippen LogP contribution in [0.25, 0.3) is 0 Å². The van der Waals surface area contributed by atoms with Gasteiger partial charge in [-0.15, -0.1) is 0 Å². The zero-order valence-corrected chi connectivity index (χ0v) is 10.8. The molecule has 1 heterocycles. The molecule has 1 aromatic rings. The summed E-state index contributed by atoms with van der Waals surface area (Å²) in [5.74, 6) is 1.61. The van der Waals surface area contributed by atoms with E-state index in [1.807, 2.05) is 0 Å². The van der Waals surface area contributed by atoms with Gasteiger partial charge in [-0.05, 0) is 24.7 Å². The quantitative estimate of drug-likeness (QED) is 0.806. The number of rotatable bonds is 2. The summed E-state index contributed by atoms with van der Waals surface area (Å²) in [4.78, 5) is 8.16. The van der Waals surface area contributed by atoms with E-state index in [-0.39, 0.29) is 11.5 Å². The fraction of sp³-hybridized carbons (Fsp3) is 0.769. The summed E-state index contributed by atoms with van der Waals surface area (Å²) in [6, 6.07) is -0.00407. The van der Waals surface area contributed by atoms with E-state index in [0.29, 0.717) is 5.92 Å². The molecule has 0 aliphatic heterocycles. The molecule has 2 rings (SSSR count). The zero-order valence-electron chi connectivity index (χ0n) is 10.8. The molecule has 0 saturated heterocycles. The molecule has 0 bridgehead atoms. The predicted molar refractivity (Wildman–Crippen MR) is 66.3 cm³/mol. The van der Waals surface area contributed by atoms with E-state index in [0.717, 1.165) is 12.2 Å². The maximum absolute atomic E-state index is 6.23. The monoisotopic (exact) mass is 221 g/mol. The van der Waals surface area contributed by atoms with E-state index >= 15 is 0 Å². The molecule has 90 valence electrons. The summed E-state index contributed by atoms with van der Waals surface area (Å²) in [6.45, 7) is 8.70. The summed E-state index contributed by atoms with van der Waals surface area (Å²) < 4.78 is 0. The number of H-pyrrole nitrogens is 1. The van der Waals surface area contributed by atoms with Gasteiger partial charge in [-0.3, -0.25) is 0 Å². The number of imidazole rings is 1. The van der Waals surface area contributed by atoms with Crippen molar-refractivity contribution < 1.29 is 0 Å². The van der Waals surface area contributed by atoms with Crippen LogP contribution in [0.15, 0.2) is 0 Å². The first-order chi connectivity index (χ1) is 7.43. The normalized spacial score (nSPS) is 22.2. The number of hydrogen-bond donors (Lipinski definition) is 2. The third-order valence-electron chi connectivity index (χ3n) is 3.68. The van der Waals surface area contributed by atoms with Crippen LogP contribution in [0, 0.1) is 5.41 Å². The van der Waals surface area contributed by atoms with Crippen LogP contribution in [0.1, 0.15) is 69.7 Å². The Labute approximate surface area is 97.8 Å².